The van der Waals surface area contributed by atoms with Crippen molar-refractivity contribution in [3.8, 4) is 0 Å². The number of aliphatic carboxylic acids is 1. The summed E-state index contributed by atoms with van der Waals surface area (Å²) in [7, 11) is 1.20. The zero-order valence-corrected chi connectivity index (χ0v) is 9.49. The molecule has 0 saturated heterocycles. The van der Waals surface area contributed by atoms with E-state index >= 15 is 0 Å². The first-order valence-corrected chi connectivity index (χ1v) is 5.08. The molecular weight excluding hydrogens is 246 g/mol. The topological polar surface area (TPSA) is 124 Å². The molecule has 8 heteroatoms. The number of ketones is 1. The molecule has 0 bridgehead atoms. The molecule has 0 heterocycles. The number of carboxylic acids is 1. The number of nitro groups is 1. The normalized spacial score (nSPS) is 27.1. The molecule has 1 aliphatic carbocycles. The van der Waals surface area contributed by atoms with Crippen molar-refractivity contribution in [2.45, 2.75) is 12.5 Å². The van der Waals surface area contributed by atoms with Gasteiger partial charge in [0, 0.05) is 18.0 Å². The first kappa shape index (κ1) is 14.0. The smallest absolute Gasteiger partial charge is 0.304 e. The van der Waals surface area contributed by atoms with Gasteiger partial charge in [0.2, 0.25) is 6.54 Å². The Kier molecular flexibility index (Phi) is 4.30. The van der Waals surface area contributed by atoms with Gasteiger partial charge >= 0.3 is 5.97 Å². The van der Waals surface area contributed by atoms with Gasteiger partial charge in [-0.2, -0.15) is 0 Å². The minimum atomic E-state index is -1.26. The van der Waals surface area contributed by atoms with E-state index in [1.807, 2.05) is 0 Å². The summed E-state index contributed by atoms with van der Waals surface area (Å²) in [5, 5.41) is 19.2. The lowest BCUT2D eigenvalue weighted by Crippen LogP contribution is -2.30. The average molecular weight is 257 g/mol. The predicted octanol–water partition coefficient (Wildman–Crippen LogP) is -0.674. The molecular formula is C10H11NO7. The summed E-state index contributed by atoms with van der Waals surface area (Å²) in [4.78, 5) is 43.0. The third kappa shape index (κ3) is 2.61. The third-order valence-electron chi connectivity index (χ3n) is 2.91. The molecule has 98 valence electrons. The van der Waals surface area contributed by atoms with Crippen LogP contribution in [0.15, 0.2) is 5.57 Å². The van der Waals surface area contributed by atoms with Crippen molar-refractivity contribution in [2.75, 3.05) is 13.7 Å². The summed E-state index contributed by atoms with van der Waals surface area (Å²) in [5.41, 5.74) is -0.351. The number of nitrogens with zero attached hydrogens (tertiary/aromatic N) is 1. The Bertz CT molecular complexity index is 438. The number of carbonyl (C=O) groups is 2. The van der Waals surface area contributed by atoms with Gasteiger partial charge in [0.15, 0.2) is 5.78 Å². The van der Waals surface area contributed by atoms with Gasteiger partial charge in [-0.25, -0.2) is 4.79 Å². The van der Waals surface area contributed by atoms with Gasteiger partial charge < -0.3 is 9.84 Å². The number of rotatable bonds is 5. The highest BCUT2D eigenvalue weighted by Crippen LogP contribution is 2.36. The molecule has 1 rings (SSSR count). The molecule has 0 spiro atoms. The standard InChI is InChI=1S/C10H11NO7/c1-18-10-6(3-11(16)17)5(2-8(13)14)9(15)7(10)4-12/h5-6,10H,2-3H2,1H3,(H,13,14). The van der Waals surface area contributed by atoms with E-state index in [1.165, 1.54) is 13.1 Å². The number of hydrogen-bond donors (Lipinski definition) is 1. The molecule has 1 saturated carbocycles. The molecule has 3 unspecified atom stereocenters. The molecule has 1 N–H and O–H groups in total. The highest BCUT2D eigenvalue weighted by Gasteiger charge is 2.50. The molecule has 1 fully saturated rings. The lowest BCUT2D eigenvalue weighted by Gasteiger charge is -2.17. The Morgan fingerprint density at radius 2 is 2.22 bits per heavy atom. The largest absolute Gasteiger partial charge is 0.481 e. The van der Waals surface area contributed by atoms with E-state index in [9.17, 15) is 24.5 Å². The van der Waals surface area contributed by atoms with E-state index in [0.717, 1.165) is 0 Å². The molecule has 8 nitrogen and oxygen atoms in total. The number of ether oxygens (including phenoxy) is 1. The second-order valence-electron chi connectivity index (χ2n) is 3.92. The van der Waals surface area contributed by atoms with Crippen molar-refractivity contribution in [1.29, 1.82) is 0 Å². The zero-order chi connectivity index (χ0) is 13.9. The van der Waals surface area contributed by atoms with Gasteiger partial charge in [0.25, 0.3) is 0 Å². The van der Waals surface area contributed by atoms with Crippen molar-refractivity contribution < 1.29 is 29.2 Å². The highest BCUT2D eigenvalue weighted by molar-refractivity contribution is 6.08. The quantitative estimate of drug-likeness (QED) is 0.299. The van der Waals surface area contributed by atoms with Crippen LogP contribution in [0.1, 0.15) is 6.42 Å². The average Bonchev–Trinajstić information content (AvgIpc) is 2.51. The molecule has 0 aromatic carbocycles. The summed E-state index contributed by atoms with van der Waals surface area (Å²) in [5.74, 6) is -2.66. The Morgan fingerprint density at radius 1 is 1.61 bits per heavy atom. The number of carboxylic acid groups (broad SMARTS) is 1. The van der Waals surface area contributed by atoms with Crippen LogP contribution in [0.25, 0.3) is 0 Å². The number of methoxy groups -OCH3 is 1. The van der Waals surface area contributed by atoms with Crippen LogP contribution in [-0.2, 0) is 19.1 Å². The second kappa shape index (κ2) is 5.52. The maximum atomic E-state index is 11.8. The first-order chi connectivity index (χ1) is 8.42. The van der Waals surface area contributed by atoms with Crippen molar-refractivity contribution >= 4 is 17.7 Å². The van der Waals surface area contributed by atoms with Gasteiger partial charge in [-0.15, -0.1) is 0 Å². The van der Waals surface area contributed by atoms with Gasteiger partial charge in [-0.1, -0.05) is 0 Å². The number of hydrogen-bond acceptors (Lipinski definition) is 6. The maximum Gasteiger partial charge on any atom is 0.304 e. The molecule has 18 heavy (non-hydrogen) atoms. The Hall–Kier alpha value is -2.05. The monoisotopic (exact) mass is 257 g/mol. The minimum absolute atomic E-state index is 0.351. The number of Topliss-reactive ketones (excluding diaryl/α,β-unsaturated/α-hetero) is 1. The van der Waals surface area contributed by atoms with Crippen LogP contribution in [0.2, 0.25) is 0 Å². The van der Waals surface area contributed by atoms with E-state index in [1.54, 1.807) is 0 Å². The summed E-state index contributed by atoms with van der Waals surface area (Å²) in [6, 6.07) is 0. The van der Waals surface area contributed by atoms with Crippen LogP contribution in [0.4, 0.5) is 0 Å². The van der Waals surface area contributed by atoms with E-state index in [0.29, 0.717) is 0 Å². The lowest BCUT2D eigenvalue weighted by molar-refractivity contribution is -0.491. The molecule has 0 aromatic heterocycles. The fourth-order valence-electron chi connectivity index (χ4n) is 2.19. The number of carbonyl (C=O) groups excluding carboxylic acids is 2. The van der Waals surface area contributed by atoms with Crippen molar-refractivity contribution in [1.82, 2.24) is 0 Å². The Labute approximate surface area is 101 Å². The second-order valence-corrected chi connectivity index (χ2v) is 3.92. The molecule has 3 atom stereocenters. The van der Waals surface area contributed by atoms with Gasteiger partial charge in [-0.3, -0.25) is 19.7 Å². The van der Waals surface area contributed by atoms with Crippen molar-refractivity contribution in [3.63, 3.8) is 0 Å². The van der Waals surface area contributed by atoms with E-state index in [4.69, 9.17) is 9.84 Å². The van der Waals surface area contributed by atoms with E-state index in [-0.39, 0.29) is 5.57 Å². The molecule has 0 amide bonds. The summed E-state index contributed by atoms with van der Waals surface area (Å²) < 4.78 is 4.89. The summed E-state index contributed by atoms with van der Waals surface area (Å²) in [6.07, 6.45) is -1.63. The van der Waals surface area contributed by atoms with Crippen LogP contribution >= 0.6 is 0 Å². The van der Waals surface area contributed by atoms with Crippen LogP contribution < -0.4 is 0 Å². The molecule has 1 aliphatic rings. The maximum absolute atomic E-state index is 11.8. The van der Waals surface area contributed by atoms with Crippen LogP contribution in [0, 0.1) is 22.0 Å². The van der Waals surface area contributed by atoms with Crippen LogP contribution in [-0.4, -0.2) is 47.5 Å². The van der Waals surface area contributed by atoms with Crippen molar-refractivity contribution in [2.24, 2.45) is 11.8 Å². The fourth-order valence-corrected chi connectivity index (χ4v) is 2.19. The summed E-state index contributed by atoms with van der Waals surface area (Å²) in [6.45, 7) is -0.632. The lowest BCUT2D eigenvalue weighted by atomic mass is 9.91. The van der Waals surface area contributed by atoms with Crippen LogP contribution in [0.5, 0.6) is 0 Å². The van der Waals surface area contributed by atoms with Gasteiger partial charge in [0.1, 0.15) is 17.6 Å². The zero-order valence-electron chi connectivity index (χ0n) is 9.49. The van der Waals surface area contributed by atoms with E-state index < -0.39 is 47.6 Å². The third-order valence-corrected chi connectivity index (χ3v) is 2.91. The van der Waals surface area contributed by atoms with Crippen molar-refractivity contribution in [3.05, 3.63) is 15.7 Å². The summed E-state index contributed by atoms with van der Waals surface area (Å²) >= 11 is 0. The minimum Gasteiger partial charge on any atom is -0.481 e. The van der Waals surface area contributed by atoms with Gasteiger partial charge in [-0.05, 0) is 0 Å². The van der Waals surface area contributed by atoms with Crippen LogP contribution in [0.3, 0.4) is 0 Å². The fraction of sp³-hybridized carbons (Fsp3) is 0.600. The predicted molar refractivity (Wildman–Crippen MR) is 56.1 cm³/mol. The van der Waals surface area contributed by atoms with E-state index in [2.05, 4.69) is 0 Å². The Balaban J connectivity index is 3.11. The molecule has 0 radical (unpaired) electrons. The Morgan fingerprint density at radius 3 is 2.61 bits per heavy atom. The first-order valence-electron chi connectivity index (χ1n) is 5.08. The molecule has 0 aromatic rings. The van der Waals surface area contributed by atoms with Gasteiger partial charge in [0.05, 0.1) is 12.3 Å². The molecule has 0 aliphatic heterocycles. The highest BCUT2D eigenvalue weighted by atomic mass is 16.6. The SMILES string of the molecule is COC1C(=C=O)C(=O)C(CC(=O)O)C1C[N+](=O)[O-].